The first-order valence-corrected chi connectivity index (χ1v) is 7.79. The number of H-pyrrole nitrogens is 1. The molecule has 1 aliphatic rings. The second-order valence-electron chi connectivity index (χ2n) is 5.67. The van der Waals surface area contributed by atoms with E-state index in [0.29, 0.717) is 0 Å². The van der Waals surface area contributed by atoms with Gasteiger partial charge in [0.1, 0.15) is 5.02 Å². The molecule has 1 aromatic heterocycles. The zero-order valence-corrected chi connectivity index (χ0v) is 12.9. The number of nitrogens with one attached hydrogen (secondary N) is 2. The molecule has 1 atom stereocenters. The molecule has 0 spiro atoms. The smallest absolute Gasteiger partial charge is 0.288 e. The second kappa shape index (κ2) is 5.37. The highest BCUT2D eigenvalue weighted by atomic mass is 35.5. The van der Waals surface area contributed by atoms with Crippen molar-refractivity contribution in [3.8, 4) is 0 Å². The maximum Gasteiger partial charge on any atom is 0.288 e. The molecular weight excluding hydrogens is 314 g/mol. The average molecular weight is 328 g/mol. The number of rotatable bonds is 2. The Hall–Kier alpha value is -2.37. The molecule has 116 valence electrons. The molecule has 0 saturated heterocycles. The van der Waals surface area contributed by atoms with E-state index in [0.717, 1.165) is 29.7 Å². The van der Waals surface area contributed by atoms with Crippen LogP contribution >= 0.6 is 11.6 Å². The minimum atomic E-state index is -0.444. The first-order chi connectivity index (χ1) is 11.1. The number of benzene rings is 2. The minimum absolute atomic E-state index is 0.0609. The first kappa shape index (κ1) is 14.2. The van der Waals surface area contributed by atoms with E-state index in [4.69, 9.17) is 11.6 Å². The Morgan fingerprint density at radius 3 is 2.87 bits per heavy atom. The third-order valence-corrected chi connectivity index (χ3v) is 4.68. The summed E-state index contributed by atoms with van der Waals surface area (Å²) in [6.45, 7) is 0.829. The van der Waals surface area contributed by atoms with E-state index in [1.54, 1.807) is 12.1 Å². The van der Waals surface area contributed by atoms with Gasteiger partial charge >= 0.3 is 0 Å². The van der Waals surface area contributed by atoms with Crippen LogP contribution in [0.15, 0.2) is 42.5 Å². The van der Waals surface area contributed by atoms with Crippen LogP contribution in [0.5, 0.6) is 0 Å². The third-order valence-electron chi connectivity index (χ3n) is 4.36. The molecule has 6 heteroatoms. The van der Waals surface area contributed by atoms with Gasteiger partial charge in [-0.15, -0.1) is 0 Å². The van der Waals surface area contributed by atoms with E-state index in [2.05, 4.69) is 22.4 Å². The van der Waals surface area contributed by atoms with Crippen molar-refractivity contribution in [3.05, 3.63) is 74.4 Å². The zero-order valence-electron chi connectivity index (χ0n) is 12.2. The summed E-state index contributed by atoms with van der Waals surface area (Å²) < 4.78 is 0. The molecule has 23 heavy (non-hydrogen) atoms. The van der Waals surface area contributed by atoms with Gasteiger partial charge in [0, 0.05) is 29.2 Å². The molecule has 0 saturated carbocycles. The van der Waals surface area contributed by atoms with Crippen molar-refractivity contribution in [2.75, 3.05) is 6.54 Å². The topological polar surface area (TPSA) is 71.0 Å². The van der Waals surface area contributed by atoms with E-state index in [9.17, 15) is 10.1 Å². The van der Waals surface area contributed by atoms with Gasteiger partial charge in [-0.25, -0.2) is 0 Å². The molecule has 0 amide bonds. The first-order valence-electron chi connectivity index (χ1n) is 7.42. The SMILES string of the molecule is O=[N+]([O-])c1cc(C2NCCc3c2[nH]c2ccccc32)ccc1Cl. The van der Waals surface area contributed by atoms with Gasteiger partial charge in [-0.3, -0.25) is 10.1 Å². The van der Waals surface area contributed by atoms with Crippen molar-refractivity contribution in [2.24, 2.45) is 0 Å². The average Bonchev–Trinajstić information content (AvgIpc) is 2.94. The highest BCUT2D eigenvalue weighted by Gasteiger charge is 2.26. The fourth-order valence-electron chi connectivity index (χ4n) is 3.31. The lowest BCUT2D eigenvalue weighted by Gasteiger charge is -2.24. The summed E-state index contributed by atoms with van der Waals surface area (Å²) in [5.74, 6) is 0. The summed E-state index contributed by atoms with van der Waals surface area (Å²) >= 11 is 5.92. The largest absolute Gasteiger partial charge is 0.357 e. The monoisotopic (exact) mass is 327 g/mol. The molecule has 0 fully saturated rings. The highest BCUT2D eigenvalue weighted by Crippen LogP contribution is 2.35. The molecule has 2 heterocycles. The molecule has 0 bridgehead atoms. The van der Waals surface area contributed by atoms with Crippen molar-refractivity contribution in [2.45, 2.75) is 12.5 Å². The molecule has 1 aliphatic heterocycles. The number of halogens is 1. The molecule has 2 aromatic carbocycles. The molecule has 0 radical (unpaired) electrons. The van der Waals surface area contributed by atoms with Gasteiger partial charge in [-0.05, 0) is 29.7 Å². The summed E-state index contributed by atoms with van der Waals surface area (Å²) in [5, 5.41) is 16.0. The minimum Gasteiger partial charge on any atom is -0.357 e. The zero-order chi connectivity index (χ0) is 16.0. The number of aromatic amines is 1. The number of nitrogens with zero attached hydrogens (tertiary/aromatic N) is 1. The number of fused-ring (bicyclic) bond motifs is 3. The maximum atomic E-state index is 11.1. The summed E-state index contributed by atoms with van der Waals surface area (Å²) in [6, 6.07) is 13.1. The van der Waals surface area contributed by atoms with Crippen LogP contribution in [0.3, 0.4) is 0 Å². The fraction of sp³-hybridized carbons (Fsp3) is 0.176. The normalized spacial score (nSPS) is 17.2. The lowest BCUT2D eigenvalue weighted by molar-refractivity contribution is -0.384. The van der Waals surface area contributed by atoms with E-state index in [1.165, 1.54) is 10.9 Å². The van der Waals surface area contributed by atoms with Gasteiger partial charge in [-0.2, -0.15) is 0 Å². The highest BCUT2D eigenvalue weighted by molar-refractivity contribution is 6.32. The summed E-state index contributed by atoms with van der Waals surface area (Å²) in [6.07, 6.45) is 0.936. The van der Waals surface area contributed by atoms with Gasteiger partial charge in [0.05, 0.1) is 11.0 Å². The summed E-state index contributed by atoms with van der Waals surface area (Å²) in [5.41, 5.74) is 4.23. The maximum absolute atomic E-state index is 11.1. The van der Waals surface area contributed by atoms with Gasteiger partial charge in [-0.1, -0.05) is 35.9 Å². The fourth-order valence-corrected chi connectivity index (χ4v) is 3.50. The Morgan fingerprint density at radius 1 is 1.22 bits per heavy atom. The van der Waals surface area contributed by atoms with E-state index in [-0.39, 0.29) is 16.8 Å². The summed E-state index contributed by atoms with van der Waals surface area (Å²) in [7, 11) is 0. The molecule has 1 unspecified atom stereocenters. The Labute approximate surface area is 137 Å². The van der Waals surface area contributed by atoms with Crippen LogP contribution in [-0.4, -0.2) is 16.5 Å². The van der Waals surface area contributed by atoms with Crippen molar-refractivity contribution in [1.82, 2.24) is 10.3 Å². The third kappa shape index (κ3) is 2.29. The number of para-hydroxylation sites is 1. The molecule has 0 aliphatic carbocycles. The Bertz CT molecular complexity index is 919. The van der Waals surface area contributed by atoms with Crippen molar-refractivity contribution in [3.63, 3.8) is 0 Å². The summed E-state index contributed by atoms with van der Waals surface area (Å²) in [4.78, 5) is 14.2. The van der Waals surface area contributed by atoms with Crippen molar-refractivity contribution < 1.29 is 4.92 Å². The van der Waals surface area contributed by atoms with E-state index < -0.39 is 4.92 Å². The number of aromatic nitrogens is 1. The van der Waals surface area contributed by atoms with Crippen molar-refractivity contribution >= 4 is 28.2 Å². The lowest BCUT2D eigenvalue weighted by atomic mass is 9.94. The van der Waals surface area contributed by atoms with Crippen LogP contribution in [-0.2, 0) is 6.42 Å². The lowest BCUT2D eigenvalue weighted by Crippen LogP contribution is -2.30. The molecule has 5 nitrogen and oxygen atoms in total. The number of hydrogen-bond donors (Lipinski definition) is 2. The predicted molar refractivity (Wildman–Crippen MR) is 90.0 cm³/mol. The van der Waals surface area contributed by atoms with Crippen LogP contribution in [0.2, 0.25) is 5.02 Å². The van der Waals surface area contributed by atoms with Gasteiger partial charge in [0.25, 0.3) is 5.69 Å². The Balaban J connectivity index is 1.86. The van der Waals surface area contributed by atoms with Crippen LogP contribution in [0.1, 0.15) is 22.9 Å². The van der Waals surface area contributed by atoms with E-state index in [1.807, 2.05) is 18.2 Å². The van der Waals surface area contributed by atoms with Crippen LogP contribution in [0.25, 0.3) is 10.9 Å². The van der Waals surface area contributed by atoms with Gasteiger partial charge in [0.15, 0.2) is 0 Å². The Morgan fingerprint density at radius 2 is 2.04 bits per heavy atom. The van der Waals surface area contributed by atoms with Gasteiger partial charge in [0.2, 0.25) is 0 Å². The van der Waals surface area contributed by atoms with Crippen LogP contribution < -0.4 is 5.32 Å². The van der Waals surface area contributed by atoms with Gasteiger partial charge < -0.3 is 10.3 Å². The van der Waals surface area contributed by atoms with Crippen molar-refractivity contribution in [1.29, 1.82) is 0 Å². The van der Waals surface area contributed by atoms with E-state index >= 15 is 0 Å². The number of hydrogen-bond acceptors (Lipinski definition) is 3. The quantitative estimate of drug-likeness (QED) is 0.552. The molecule has 3 aromatic rings. The molecule has 4 rings (SSSR count). The second-order valence-corrected chi connectivity index (χ2v) is 6.08. The molecule has 2 N–H and O–H groups in total. The Kier molecular flexibility index (Phi) is 3.32. The predicted octanol–water partition coefficient (Wildman–Crippen LogP) is 3.96. The standard InChI is InChI=1S/C17H14ClN3O2/c18-13-6-5-10(9-15(13)21(22)23)16-17-12(7-8-19-16)11-3-1-2-4-14(11)20-17/h1-6,9,16,19-20H,7-8H2. The van der Waals surface area contributed by atoms with Crippen LogP contribution in [0.4, 0.5) is 5.69 Å². The molecular formula is C17H14ClN3O2. The van der Waals surface area contributed by atoms with Crippen LogP contribution in [0, 0.1) is 10.1 Å². The number of nitro groups is 1. The number of nitro benzene ring substituents is 1.